The van der Waals surface area contributed by atoms with Gasteiger partial charge in [0.05, 0.1) is 6.42 Å². The molecule has 1 amide bonds. The lowest BCUT2D eigenvalue weighted by Crippen LogP contribution is -2.03. The highest BCUT2D eigenvalue weighted by Gasteiger charge is 2.23. The summed E-state index contributed by atoms with van der Waals surface area (Å²) < 4.78 is 0.815. The van der Waals surface area contributed by atoms with Crippen molar-refractivity contribution in [3.8, 4) is 0 Å². The number of benzene rings is 2. The predicted molar refractivity (Wildman–Crippen MR) is 87.0 cm³/mol. The highest BCUT2D eigenvalue weighted by atomic mass is 79.9. The third-order valence-electron chi connectivity index (χ3n) is 3.39. The van der Waals surface area contributed by atoms with Gasteiger partial charge in [0.2, 0.25) is 5.91 Å². The van der Waals surface area contributed by atoms with E-state index in [9.17, 15) is 9.90 Å². The summed E-state index contributed by atoms with van der Waals surface area (Å²) in [5.41, 5.74) is 2.61. The minimum atomic E-state index is -0.955. The number of nitrogens with one attached hydrogen (secondary N) is 1. The summed E-state index contributed by atoms with van der Waals surface area (Å²) in [6.07, 6.45) is -0.665. The molecule has 1 atom stereocenters. The van der Waals surface area contributed by atoms with E-state index in [1.165, 1.54) is 0 Å². The van der Waals surface area contributed by atoms with Gasteiger partial charge < -0.3 is 10.4 Å². The van der Waals surface area contributed by atoms with Crippen LogP contribution in [0.5, 0.6) is 0 Å². The molecule has 0 spiro atoms. The van der Waals surface area contributed by atoms with Crippen molar-refractivity contribution in [1.82, 2.24) is 0 Å². The molecule has 108 valence electrons. The molecule has 3 nitrogen and oxygen atoms in total. The fourth-order valence-electron chi connectivity index (χ4n) is 2.37. The molecule has 0 saturated carbocycles. The first-order valence-electron chi connectivity index (χ1n) is 6.21. The van der Waals surface area contributed by atoms with Crippen molar-refractivity contribution < 1.29 is 9.90 Å². The first-order valence-corrected chi connectivity index (χ1v) is 7.76. The predicted octanol–water partition coefficient (Wildman–Crippen LogP) is 4.33. The summed E-state index contributed by atoms with van der Waals surface area (Å²) in [4.78, 5) is 11.4. The van der Waals surface area contributed by atoms with E-state index in [2.05, 4.69) is 21.2 Å². The highest BCUT2D eigenvalue weighted by molar-refractivity contribution is 9.10. The molecule has 1 heterocycles. The number of aliphatic hydroxyl groups is 1. The minimum Gasteiger partial charge on any atom is -0.384 e. The number of halogens is 3. The first-order chi connectivity index (χ1) is 9.95. The summed E-state index contributed by atoms with van der Waals surface area (Å²) in [6.45, 7) is 0. The maximum Gasteiger partial charge on any atom is 0.228 e. The fourth-order valence-corrected chi connectivity index (χ4v) is 3.24. The number of aliphatic hydroxyl groups excluding tert-OH is 1. The molecule has 2 aromatic rings. The Labute approximate surface area is 140 Å². The smallest absolute Gasteiger partial charge is 0.228 e. The molecule has 0 bridgehead atoms. The molecular weight excluding hydrogens is 377 g/mol. The average molecular weight is 387 g/mol. The third kappa shape index (κ3) is 2.81. The van der Waals surface area contributed by atoms with Gasteiger partial charge in [0.1, 0.15) is 6.10 Å². The number of hydrogen-bond acceptors (Lipinski definition) is 2. The van der Waals surface area contributed by atoms with Crippen LogP contribution in [-0.4, -0.2) is 11.0 Å². The Morgan fingerprint density at radius 2 is 1.86 bits per heavy atom. The van der Waals surface area contributed by atoms with Gasteiger partial charge in [-0.3, -0.25) is 4.79 Å². The molecule has 21 heavy (non-hydrogen) atoms. The lowest BCUT2D eigenvalue weighted by Gasteiger charge is -2.16. The normalized spacial score (nSPS) is 14.8. The van der Waals surface area contributed by atoms with Gasteiger partial charge in [0, 0.05) is 31.3 Å². The summed E-state index contributed by atoms with van der Waals surface area (Å²) in [7, 11) is 0. The van der Waals surface area contributed by atoms with E-state index in [1.807, 2.05) is 0 Å². The topological polar surface area (TPSA) is 49.3 Å². The second-order valence-corrected chi connectivity index (χ2v) is 6.55. The Morgan fingerprint density at radius 3 is 2.62 bits per heavy atom. The van der Waals surface area contributed by atoms with Crippen LogP contribution in [-0.2, 0) is 11.2 Å². The highest BCUT2D eigenvalue weighted by Crippen LogP contribution is 2.37. The van der Waals surface area contributed by atoms with Crippen LogP contribution in [0.15, 0.2) is 34.8 Å². The monoisotopic (exact) mass is 385 g/mol. The molecule has 0 aliphatic carbocycles. The first kappa shape index (κ1) is 14.9. The molecule has 2 N–H and O–H groups in total. The van der Waals surface area contributed by atoms with Gasteiger partial charge in [0.25, 0.3) is 0 Å². The van der Waals surface area contributed by atoms with Crippen LogP contribution in [0.25, 0.3) is 0 Å². The van der Waals surface area contributed by atoms with Crippen molar-refractivity contribution >= 4 is 50.7 Å². The Balaban J connectivity index is 2.06. The van der Waals surface area contributed by atoms with Gasteiger partial charge in [-0.05, 0) is 35.9 Å². The van der Waals surface area contributed by atoms with Gasteiger partial charge in [0.15, 0.2) is 0 Å². The molecule has 0 saturated heterocycles. The van der Waals surface area contributed by atoms with Crippen LogP contribution in [0, 0.1) is 0 Å². The van der Waals surface area contributed by atoms with E-state index in [-0.39, 0.29) is 5.91 Å². The van der Waals surface area contributed by atoms with Crippen LogP contribution in [0.4, 0.5) is 5.69 Å². The number of fused-ring (bicyclic) bond motifs is 1. The number of rotatable bonds is 2. The molecule has 0 aromatic heterocycles. The van der Waals surface area contributed by atoms with E-state index in [0.717, 1.165) is 10.0 Å². The molecule has 0 fully saturated rings. The van der Waals surface area contributed by atoms with Gasteiger partial charge in [-0.15, -0.1) is 0 Å². The summed E-state index contributed by atoms with van der Waals surface area (Å²) >= 11 is 15.7. The Hall–Kier alpha value is -1.07. The zero-order valence-electron chi connectivity index (χ0n) is 10.7. The lowest BCUT2D eigenvalue weighted by atomic mass is 9.98. The van der Waals surface area contributed by atoms with Crippen molar-refractivity contribution in [3.05, 3.63) is 61.5 Å². The van der Waals surface area contributed by atoms with Crippen molar-refractivity contribution in [3.63, 3.8) is 0 Å². The van der Waals surface area contributed by atoms with Crippen molar-refractivity contribution in [1.29, 1.82) is 0 Å². The molecule has 6 heteroatoms. The van der Waals surface area contributed by atoms with Crippen molar-refractivity contribution in [2.45, 2.75) is 12.5 Å². The van der Waals surface area contributed by atoms with E-state index in [1.54, 1.807) is 30.3 Å². The van der Waals surface area contributed by atoms with Crippen molar-refractivity contribution in [2.75, 3.05) is 5.32 Å². The second-order valence-electron chi connectivity index (χ2n) is 4.82. The van der Waals surface area contributed by atoms with E-state index in [0.29, 0.717) is 33.3 Å². The third-order valence-corrected chi connectivity index (χ3v) is 4.56. The number of carbonyl (C=O) groups excluding carboxylic acids is 1. The van der Waals surface area contributed by atoms with E-state index in [4.69, 9.17) is 23.2 Å². The second kappa shape index (κ2) is 5.61. The number of anilines is 1. The summed E-state index contributed by atoms with van der Waals surface area (Å²) in [6, 6.07) is 8.66. The van der Waals surface area contributed by atoms with Crippen LogP contribution >= 0.6 is 39.1 Å². The maximum absolute atomic E-state index is 11.4. The summed E-state index contributed by atoms with van der Waals surface area (Å²) in [5, 5.41) is 14.1. The maximum atomic E-state index is 11.4. The molecule has 2 aromatic carbocycles. The Bertz CT molecular complexity index is 749. The summed E-state index contributed by atoms with van der Waals surface area (Å²) in [5.74, 6) is -0.0757. The van der Waals surface area contributed by atoms with Crippen LogP contribution in [0.3, 0.4) is 0 Å². The molecule has 1 aliphatic rings. The van der Waals surface area contributed by atoms with E-state index < -0.39 is 6.10 Å². The van der Waals surface area contributed by atoms with Crippen LogP contribution in [0.1, 0.15) is 22.8 Å². The molecular formula is C15H10BrCl2NO2. The average Bonchev–Trinajstić information content (AvgIpc) is 2.79. The largest absolute Gasteiger partial charge is 0.384 e. The SMILES string of the molecule is O=C1Cc2cc(C(O)c3cc(Br)ccc3Cl)c(Cl)cc2N1. The fraction of sp³-hybridized carbons (Fsp3) is 0.133. The standard InChI is InChI=1S/C15H10BrCl2NO2/c16-8-1-2-11(17)10(5-8)15(21)9-3-7-4-14(20)19-13(7)6-12(9)18/h1-3,5-6,15,21H,4H2,(H,19,20). The van der Waals surface area contributed by atoms with Gasteiger partial charge in [-0.1, -0.05) is 39.1 Å². The number of amides is 1. The number of carbonyl (C=O) groups is 1. The quantitative estimate of drug-likeness (QED) is 0.806. The van der Waals surface area contributed by atoms with Crippen LogP contribution in [0.2, 0.25) is 10.0 Å². The molecule has 1 unspecified atom stereocenters. The zero-order chi connectivity index (χ0) is 15.1. The Morgan fingerprint density at radius 1 is 1.14 bits per heavy atom. The van der Waals surface area contributed by atoms with Gasteiger partial charge in [-0.2, -0.15) is 0 Å². The van der Waals surface area contributed by atoms with Crippen LogP contribution < -0.4 is 5.32 Å². The van der Waals surface area contributed by atoms with Gasteiger partial charge in [-0.25, -0.2) is 0 Å². The number of hydrogen-bond donors (Lipinski definition) is 2. The van der Waals surface area contributed by atoms with Crippen molar-refractivity contribution in [2.24, 2.45) is 0 Å². The van der Waals surface area contributed by atoms with Gasteiger partial charge >= 0.3 is 0 Å². The Kier molecular flexibility index (Phi) is 3.97. The molecule has 3 rings (SSSR count). The van der Waals surface area contributed by atoms with E-state index >= 15 is 0 Å². The molecule has 1 aliphatic heterocycles. The zero-order valence-corrected chi connectivity index (χ0v) is 13.8. The lowest BCUT2D eigenvalue weighted by molar-refractivity contribution is -0.115. The molecule has 0 radical (unpaired) electrons. The minimum absolute atomic E-state index is 0.0757.